The van der Waals surface area contributed by atoms with Crippen molar-refractivity contribution in [3.8, 4) is 11.5 Å². The molecule has 1 aromatic carbocycles. The van der Waals surface area contributed by atoms with Gasteiger partial charge in [-0.3, -0.25) is 19.2 Å². The Morgan fingerprint density at radius 2 is 1.51 bits per heavy atom. The zero-order chi connectivity index (χ0) is 31.9. The molecule has 1 unspecified atom stereocenters. The van der Waals surface area contributed by atoms with Crippen LogP contribution in [0, 0.1) is 34.5 Å². The molecular formula is C35H46O7S. The van der Waals surface area contributed by atoms with E-state index in [0.717, 1.165) is 43.2 Å². The van der Waals surface area contributed by atoms with Gasteiger partial charge in [0.15, 0.2) is 16.6 Å². The van der Waals surface area contributed by atoms with Crippen LogP contribution in [0.3, 0.4) is 0 Å². The highest BCUT2D eigenvalue weighted by Gasteiger charge is 2.67. The molecule has 3 fully saturated rings. The van der Waals surface area contributed by atoms with Gasteiger partial charge in [-0.05, 0) is 98.1 Å². The zero-order valence-corrected chi connectivity index (χ0v) is 27.9. The summed E-state index contributed by atoms with van der Waals surface area (Å²) in [5, 5.41) is 9.93. The molecule has 5 rings (SSSR count). The highest BCUT2D eigenvalue weighted by atomic mass is 32.2. The molecule has 0 radical (unpaired) electrons. The van der Waals surface area contributed by atoms with E-state index in [0.29, 0.717) is 18.4 Å². The largest absolute Gasteiger partial charge is 0.481 e. The number of carbonyl (C=O) groups is 4. The topological polar surface area (TPSA) is 107 Å². The highest BCUT2D eigenvalue weighted by Crippen LogP contribution is 2.75. The first-order chi connectivity index (χ1) is 19.8. The van der Waals surface area contributed by atoms with E-state index in [4.69, 9.17) is 9.47 Å². The second-order valence-electron chi connectivity index (χ2n) is 14.9. The lowest BCUT2D eigenvalue weighted by Gasteiger charge is -2.70. The third-order valence-electron chi connectivity index (χ3n) is 12.3. The van der Waals surface area contributed by atoms with Gasteiger partial charge in [0.2, 0.25) is 0 Å². The minimum absolute atomic E-state index is 0.0154. The fourth-order valence-electron chi connectivity index (χ4n) is 9.64. The summed E-state index contributed by atoms with van der Waals surface area (Å²) in [4.78, 5) is 49.4. The molecule has 0 aliphatic heterocycles. The summed E-state index contributed by atoms with van der Waals surface area (Å²) in [6, 6.07) is 1.86. The van der Waals surface area contributed by atoms with E-state index in [9.17, 15) is 24.3 Å². The van der Waals surface area contributed by atoms with Gasteiger partial charge in [-0.2, -0.15) is 0 Å². The standard InChI is InChI=1S/C35H46O7S/c1-19-28-23(16-24(41-20(2)36)29(19)42-21(3)37)33(7)13-15-35(9)27-18-32(6,30(39)40)11-10-31(27,5)12-14-34(35,8)26(33)17-25(28)43-22(4)38/h16-17,25,27H,10-15,18H2,1-9H3,(H,39,40)/t25?,27-,31-,32-,33+,34-,35+/m1/s1. The molecule has 0 heterocycles. The lowest BCUT2D eigenvalue weighted by molar-refractivity contribution is -0.177. The van der Waals surface area contributed by atoms with Crippen LogP contribution in [-0.4, -0.2) is 28.1 Å². The number of ether oxygens (including phenoxy) is 2. The molecule has 0 aromatic heterocycles. The Hall–Kier alpha value is -2.61. The average molecular weight is 611 g/mol. The van der Waals surface area contributed by atoms with Crippen molar-refractivity contribution >= 4 is 34.8 Å². The lowest BCUT2D eigenvalue weighted by atomic mass is 9.34. The monoisotopic (exact) mass is 610 g/mol. The van der Waals surface area contributed by atoms with Gasteiger partial charge in [0.1, 0.15) is 0 Å². The molecule has 43 heavy (non-hydrogen) atoms. The second-order valence-corrected chi connectivity index (χ2v) is 16.3. The number of allylic oxidation sites excluding steroid dienone is 1. The van der Waals surface area contributed by atoms with Gasteiger partial charge in [-0.1, -0.05) is 51.1 Å². The van der Waals surface area contributed by atoms with Crippen LogP contribution >= 0.6 is 11.8 Å². The van der Waals surface area contributed by atoms with E-state index in [1.807, 2.05) is 19.9 Å². The van der Waals surface area contributed by atoms with Crippen molar-refractivity contribution in [2.75, 3.05) is 0 Å². The molecule has 0 spiro atoms. The van der Waals surface area contributed by atoms with Crippen LogP contribution in [0.1, 0.15) is 122 Å². The van der Waals surface area contributed by atoms with E-state index >= 15 is 0 Å². The van der Waals surface area contributed by atoms with Gasteiger partial charge >= 0.3 is 17.9 Å². The molecular weight excluding hydrogens is 564 g/mol. The third kappa shape index (κ3) is 4.69. The molecule has 1 N–H and O–H groups in total. The molecule has 7 nitrogen and oxygen atoms in total. The Balaban J connectivity index is 1.72. The molecule has 234 valence electrons. The van der Waals surface area contributed by atoms with Gasteiger partial charge in [0.25, 0.3) is 0 Å². The summed E-state index contributed by atoms with van der Waals surface area (Å²) >= 11 is 1.26. The molecule has 4 aliphatic rings. The maximum absolute atomic E-state index is 12.7. The molecule has 0 bridgehead atoms. The van der Waals surface area contributed by atoms with Gasteiger partial charge in [0.05, 0.1) is 10.7 Å². The van der Waals surface area contributed by atoms with E-state index in [2.05, 4.69) is 33.8 Å². The maximum Gasteiger partial charge on any atom is 0.309 e. The Kier molecular flexibility index (Phi) is 7.55. The Bertz CT molecular complexity index is 1460. The second kappa shape index (κ2) is 10.2. The minimum atomic E-state index is -0.740. The Morgan fingerprint density at radius 1 is 0.884 bits per heavy atom. The highest BCUT2D eigenvalue weighted by molar-refractivity contribution is 8.13. The summed E-state index contributed by atoms with van der Waals surface area (Å²) < 4.78 is 11.3. The van der Waals surface area contributed by atoms with Crippen LogP contribution in [0.25, 0.3) is 0 Å². The normalized spacial score (nSPS) is 37.9. The predicted octanol–water partition coefficient (Wildman–Crippen LogP) is 7.86. The van der Waals surface area contributed by atoms with Gasteiger partial charge in [0, 0.05) is 31.7 Å². The summed E-state index contributed by atoms with van der Waals surface area (Å²) in [5.41, 5.74) is 2.47. The van der Waals surface area contributed by atoms with Gasteiger partial charge in [-0.25, -0.2) is 0 Å². The van der Waals surface area contributed by atoms with E-state index in [1.165, 1.54) is 31.2 Å². The summed E-state index contributed by atoms with van der Waals surface area (Å²) in [7, 11) is 0. The SMILES string of the molecule is CC(=O)Oc1cc2c(c(C)c1OC(C)=O)C(SC(C)=O)C=C1[C@@]2(C)CC[C@@]2(C)[C@@H]3C[C@](C)(C(=O)O)CC[C@]3(C)CC[C@]12C. The molecule has 8 heteroatoms. The number of carboxylic acid groups (broad SMARTS) is 1. The van der Waals surface area contributed by atoms with Crippen LogP contribution in [0.5, 0.6) is 11.5 Å². The van der Waals surface area contributed by atoms with E-state index in [1.54, 1.807) is 6.92 Å². The number of fused-ring (bicyclic) bond motifs is 7. The Morgan fingerprint density at radius 3 is 2.09 bits per heavy atom. The summed E-state index contributed by atoms with van der Waals surface area (Å²) in [6.45, 7) is 17.4. The molecule has 0 amide bonds. The summed E-state index contributed by atoms with van der Waals surface area (Å²) in [6.07, 6.45) is 8.34. The van der Waals surface area contributed by atoms with Crippen molar-refractivity contribution in [1.29, 1.82) is 0 Å². The molecule has 7 atom stereocenters. The zero-order valence-electron chi connectivity index (χ0n) is 27.1. The van der Waals surface area contributed by atoms with E-state index < -0.39 is 28.7 Å². The number of hydrogen-bond acceptors (Lipinski definition) is 7. The Labute approximate surface area is 259 Å². The van der Waals surface area contributed by atoms with Crippen LogP contribution in [0.4, 0.5) is 0 Å². The quantitative estimate of drug-likeness (QED) is 0.209. The fourth-order valence-corrected chi connectivity index (χ4v) is 10.6. The average Bonchev–Trinajstić information content (AvgIpc) is 2.89. The first-order valence-corrected chi connectivity index (χ1v) is 16.4. The van der Waals surface area contributed by atoms with Crippen molar-refractivity contribution < 1.29 is 33.8 Å². The number of carbonyl (C=O) groups excluding carboxylic acids is 3. The molecule has 3 saturated carbocycles. The third-order valence-corrected chi connectivity index (χ3v) is 13.3. The first kappa shape index (κ1) is 31.8. The molecule has 4 aliphatic carbocycles. The van der Waals surface area contributed by atoms with Gasteiger partial charge < -0.3 is 14.6 Å². The predicted molar refractivity (Wildman–Crippen MR) is 166 cm³/mol. The summed E-state index contributed by atoms with van der Waals surface area (Å²) in [5.74, 6) is -1.06. The van der Waals surface area contributed by atoms with Crippen molar-refractivity contribution in [2.45, 2.75) is 118 Å². The molecule has 0 saturated heterocycles. The van der Waals surface area contributed by atoms with Crippen molar-refractivity contribution in [2.24, 2.45) is 27.6 Å². The maximum atomic E-state index is 12.7. The van der Waals surface area contributed by atoms with E-state index in [-0.39, 0.29) is 44.0 Å². The number of benzene rings is 1. The number of thioether (sulfide) groups is 1. The van der Waals surface area contributed by atoms with Crippen LogP contribution < -0.4 is 9.47 Å². The van der Waals surface area contributed by atoms with Crippen LogP contribution in [0.2, 0.25) is 0 Å². The van der Waals surface area contributed by atoms with Crippen LogP contribution in [-0.2, 0) is 24.6 Å². The number of hydrogen-bond donors (Lipinski definition) is 1. The number of carboxylic acids is 1. The number of esters is 2. The fraction of sp³-hybridized carbons (Fsp3) is 0.657. The van der Waals surface area contributed by atoms with Crippen molar-refractivity contribution in [3.63, 3.8) is 0 Å². The first-order valence-electron chi connectivity index (χ1n) is 15.5. The smallest absolute Gasteiger partial charge is 0.309 e. The van der Waals surface area contributed by atoms with Crippen molar-refractivity contribution in [1.82, 2.24) is 0 Å². The minimum Gasteiger partial charge on any atom is -0.481 e. The van der Waals surface area contributed by atoms with Crippen molar-refractivity contribution in [3.05, 3.63) is 34.4 Å². The molecule has 1 aromatic rings. The number of rotatable bonds is 4. The van der Waals surface area contributed by atoms with Gasteiger partial charge in [-0.15, -0.1) is 0 Å². The lowest BCUT2D eigenvalue weighted by Crippen LogP contribution is -2.62. The number of aliphatic carboxylic acids is 1. The van der Waals surface area contributed by atoms with Crippen LogP contribution in [0.15, 0.2) is 17.7 Å².